The lowest BCUT2D eigenvalue weighted by Crippen LogP contribution is -2.25. The number of anilines is 1. The summed E-state index contributed by atoms with van der Waals surface area (Å²) >= 11 is 0. The van der Waals surface area contributed by atoms with Crippen molar-refractivity contribution < 1.29 is 18.3 Å². The summed E-state index contributed by atoms with van der Waals surface area (Å²) in [6.45, 7) is 1.62. The van der Waals surface area contributed by atoms with Crippen LogP contribution in [0, 0.1) is 18.6 Å². The number of carbonyl (C=O) groups excluding carboxylic acids is 1. The molecule has 0 aliphatic heterocycles. The van der Waals surface area contributed by atoms with E-state index in [0.29, 0.717) is 22.6 Å². The molecule has 9 nitrogen and oxygen atoms in total. The van der Waals surface area contributed by atoms with Gasteiger partial charge in [-0.2, -0.15) is 5.10 Å². The fourth-order valence-corrected chi connectivity index (χ4v) is 4.68. The van der Waals surface area contributed by atoms with Gasteiger partial charge in [0, 0.05) is 49.0 Å². The minimum atomic E-state index is -0.719. The highest BCUT2D eigenvalue weighted by Crippen LogP contribution is 2.35. The SMILES string of the molecule is Cc1c(C(=O)Nc2ccc(Oc3ccnn4ccc(-c5ccncc5)c34)c(F)c2)c(=O)n(-c2ccc(F)cc2)n1C. The minimum Gasteiger partial charge on any atom is -0.452 e. The Labute approximate surface area is 231 Å². The molecule has 0 saturated heterocycles. The van der Waals surface area contributed by atoms with Crippen LogP contribution in [0.1, 0.15) is 16.1 Å². The average Bonchev–Trinajstić information content (AvgIpc) is 3.50. The molecule has 0 unspecified atom stereocenters. The molecule has 0 aliphatic carbocycles. The van der Waals surface area contributed by atoms with Crippen molar-refractivity contribution >= 4 is 17.1 Å². The number of rotatable bonds is 6. The molecule has 6 aromatic rings. The van der Waals surface area contributed by atoms with Gasteiger partial charge < -0.3 is 10.1 Å². The first kappa shape index (κ1) is 25.7. The summed E-state index contributed by atoms with van der Waals surface area (Å²) in [7, 11) is 1.61. The Morgan fingerprint density at radius 1 is 0.927 bits per heavy atom. The monoisotopic (exact) mass is 552 g/mol. The Morgan fingerprint density at radius 2 is 1.68 bits per heavy atom. The van der Waals surface area contributed by atoms with Crippen molar-refractivity contribution in [3.8, 4) is 28.3 Å². The van der Waals surface area contributed by atoms with Gasteiger partial charge in [-0.15, -0.1) is 0 Å². The highest BCUT2D eigenvalue weighted by atomic mass is 19.1. The molecule has 0 saturated carbocycles. The highest BCUT2D eigenvalue weighted by molar-refractivity contribution is 6.05. The topological polar surface area (TPSA) is 95.5 Å². The molecular formula is C30H22F2N6O3. The quantitative estimate of drug-likeness (QED) is 0.294. The summed E-state index contributed by atoms with van der Waals surface area (Å²) < 4.78 is 38.9. The number of nitrogens with zero attached hydrogens (tertiary/aromatic N) is 5. The number of hydrogen-bond acceptors (Lipinski definition) is 5. The molecule has 0 fully saturated rings. The van der Waals surface area contributed by atoms with Crippen molar-refractivity contribution in [1.29, 1.82) is 0 Å². The molecule has 4 heterocycles. The van der Waals surface area contributed by atoms with Gasteiger partial charge in [0.1, 0.15) is 16.9 Å². The van der Waals surface area contributed by atoms with E-state index in [1.54, 1.807) is 49.3 Å². The molecular weight excluding hydrogens is 530 g/mol. The summed E-state index contributed by atoms with van der Waals surface area (Å²) in [6.07, 6.45) is 6.68. The number of carbonyl (C=O) groups is 1. The van der Waals surface area contributed by atoms with Crippen LogP contribution in [-0.4, -0.2) is 29.9 Å². The summed E-state index contributed by atoms with van der Waals surface area (Å²) in [6, 6.07) is 16.6. The number of fused-ring (bicyclic) bond motifs is 1. The number of halogens is 2. The number of benzene rings is 2. The fraction of sp³-hybridized carbons (Fsp3) is 0.0667. The van der Waals surface area contributed by atoms with Crippen molar-refractivity contribution in [2.45, 2.75) is 6.92 Å². The summed E-state index contributed by atoms with van der Waals surface area (Å²) in [5, 5.41) is 6.89. The molecule has 6 rings (SSSR count). The Balaban J connectivity index is 1.27. The van der Waals surface area contributed by atoms with Crippen LogP contribution in [0.5, 0.6) is 11.5 Å². The van der Waals surface area contributed by atoms with Gasteiger partial charge in [-0.3, -0.25) is 19.3 Å². The second-order valence-electron chi connectivity index (χ2n) is 9.23. The normalized spacial score (nSPS) is 11.1. The Hall–Kier alpha value is -5.58. The third-order valence-corrected chi connectivity index (χ3v) is 6.77. The van der Waals surface area contributed by atoms with Crippen LogP contribution < -0.4 is 15.6 Å². The predicted octanol–water partition coefficient (Wildman–Crippen LogP) is 5.52. The maximum Gasteiger partial charge on any atom is 0.284 e. The van der Waals surface area contributed by atoms with E-state index < -0.39 is 23.1 Å². The number of aromatic nitrogens is 5. The molecule has 204 valence electrons. The standard InChI is InChI=1S/C30H22F2N6O3/c1-18-27(30(40)38(36(18)2)22-6-3-20(31)4-7-22)29(39)35-21-5-8-25(24(32)17-21)41-26-11-15-34-37-16-12-23(28(26)37)19-9-13-33-14-10-19/h3-17H,1-2H3,(H,35,39). The molecule has 0 atom stereocenters. The molecule has 11 heteroatoms. The summed E-state index contributed by atoms with van der Waals surface area (Å²) in [5.41, 5.74) is 2.59. The maximum absolute atomic E-state index is 15.2. The van der Waals surface area contributed by atoms with Gasteiger partial charge in [0.2, 0.25) is 0 Å². The highest BCUT2D eigenvalue weighted by Gasteiger charge is 2.23. The Morgan fingerprint density at radius 3 is 2.41 bits per heavy atom. The fourth-order valence-electron chi connectivity index (χ4n) is 4.68. The zero-order valence-electron chi connectivity index (χ0n) is 21.9. The first-order chi connectivity index (χ1) is 19.8. The predicted molar refractivity (Wildman–Crippen MR) is 149 cm³/mol. The van der Waals surface area contributed by atoms with Crippen molar-refractivity contribution in [3.05, 3.63) is 125 Å². The number of nitrogens with one attached hydrogen (secondary N) is 1. The van der Waals surface area contributed by atoms with Crippen molar-refractivity contribution in [3.63, 3.8) is 0 Å². The summed E-state index contributed by atoms with van der Waals surface area (Å²) in [4.78, 5) is 30.3. The molecule has 0 bridgehead atoms. The van der Waals surface area contributed by atoms with Gasteiger partial charge >= 0.3 is 0 Å². The van der Waals surface area contributed by atoms with E-state index >= 15 is 4.39 Å². The van der Waals surface area contributed by atoms with E-state index in [1.165, 1.54) is 45.8 Å². The minimum absolute atomic E-state index is 0.0625. The zero-order chi connectivity index (χ0) is 28.7. The van der Waals surface area contributed by atoms with E-state index in [9.17, 15) is 14.0 Å². The number of amides is 1. The lowest BCUT2D eigenvalue weighted by Gasteiger charge is -2.11. The summed E-state index contributed by atoms with van der Waals surface area (Å²) in [5.74, 6) is -1.55. The first-order valence-corrected chi connectivity index (χ1v) is 12.5. The molecule has 0 spiro atoms. The van der Waals surface area contributed by atoms with Crippen LogP contribution in [-0.2, 0) is 7.05 Å². The van der Waals surface area contributed by atoms with Crippen molar-refractivity contribution in [2.75, 3.05) is 5.32 Å². The zero-order valence-corrected chi connectivity index (χ0v) is 21.9. The van der Waals surface area contributed by atoms with Gasteiger partial charge in [0.15, 0.2) is 17.3 Å². The van der Waals surface area contributed by atoms with Crippen LogP contribution in [0.3, 0.4) is 0 Å². The first-order valence-electron chi connectivity index (χ1n) is 12.5. The van der Waals surface area contributed by atoms with Gasteiger partial charge in [0.25, 0.3) is 11.5 Å². The van der Waals surface area contributed by atoms with Gasteiger partial charge in [0.05, 0.1) is 17.6 Å². The molecule has 0 radical (unpaired) electrons. The van der Waals surface area contributed by atoms with Crippen LogP contribution in [0.25, 0.3) is 22.3 Å². The lowest BCUT2D eigenvalue weighted by molar-refractivity contribution is 0.102. The third kappa shape index (κ3) is 4.63. The smallest absolute Gasteiger partial charge is 0.284 e. The van der Waals surface area contributed by atoms with Gasteiger partial charge in [-0.1, -0.05) is 0 Å². The van der Waals surface area contributed by atoms with Crippen LogP contribution in [0.15, 0.2) is 96.3 Å². The molecule has 0 aliphatic rings. The number of ether oxygens (including phenoxy) is 1. The molecule has 2 aromatic carbocycles. The van der Waals surface area contributed by atoms with Gasteiger partial charge in [-0.25, -0.2) is 18.0 Å². The molecule has 1 N–H and O–H groups in total. The van der Waals surface area contributed by atoms with E-state index in [4.69, 9.17) is 4.74 Å². The van der Waals surface area contributed by atoms with E-state index in [0.717, 1.165) is 17.2 Å². The second kappa shape index (κ2) is 10.2. The third-order valence-electron chi connectivity index (χ3n) is 6.77. The van der Waals surface area contributed by atoms with Crippen LogP contribution >= 0.6 is 0 Å². The Kier molecular flexibility index (Phi) is 6.38. The second-order valence-corrected chi connectivity index (χ2v) is 9.23. The largest absolute Gasteiger partial charge is 0.452 e. The molecule has 41 heavy (non-hydrogen) atoms. The van der Waals surface area contributed by atoms with Crippen molar-refractivity contribution in [2.24, 2.45) is 7.05 Å². The van der Waals surface area contributed by atoms with Crippen molar-refractivity contribution in [1.82, 2.24) is 24.0 Å². The van der Waals surface area contributed by atoms with Crippen LogP contribution in [0.4, 0.5) is 14.5 Å². The number of pyridine rings is 1. The van der Waals surface area contributed by atoms with Crippen LogP contribution in [0.2, 0.25) is 0 Å². The van der Waals surface area contributed by atoms with E-state index in [1.807, 2.05) is 18.2 Å². The number of hydrogen-bond donors (Lipinski definition) is 1. The Bertz CT molecular complexity index is 1980. The molecule has 1 amide bonds. The van der Waals surface area contributed by atoms with E-state index in [-0.39, 0.29) is 17.0 Å². The van der Waals surface area contributed by atoms with Gasteiger partial charge in [-0.05, 0) is 67.1 Å². The average molecular weight is 553 g/mol. The lowest BCUT2D eigenvalue weighted by atomic mass is 10.1. The molecule has 4 aromatic heterocycles. The van der Waals surface area contributed by atoms with E-state index in [2.05, 4.69) is 15.4 Å². The maximum atomic E-state index is 15.2.